The summed E-state index contributed by atoms with van der Waals surface area (Å²) < 4.78 is 0. The van der Waals surface area contributed by atoms with E-state index in [0.29, 0.717) is 13.0 Å². The van der Waals surface area contributed by atoms with Gasteiger partial charge in [0.2, 0.25) is 0 Å². The number of aromatic amines is 1. The normalized spacial score (nSPS) is 18.9. The first kappa shape index (κ1) is 26.1. The molecular formula is C31H37N5O2. The van der Waals surface area contributed by atoms with E-state index < -0.39 is 12.0 Å². The summed E-state index contributed by atoms with van der Waals surface area (Å²) in [6, 6.07) is 28.8. The van der Waals surface area contributed by atoms with Crippen molar-refractivity contribution in [1.29, 1.82) is 0 Å². The van der Waals surface area contributed by atoms with Gasteiger partial charge in [-0.05, 0) is 42.0 Å². The van der Waals surface area contributed by atoms with Crippen molar-refractivity contribution in [2.75, 3.05) is 26.7 Å². The average Bonchev–Trinajstić information content (AvgIpc) is 3.47. The maximum Gasteiger partial charge on any atom is 0.324 e. The van der Waals surface area contributed by atoms with Crippen LogP contribution in [-0.2, 0) is 24.2 Å². The van der Waals surface area contributed by atoms with Crippen molar-refractivity contribution in [2.24, 2.45) is 0 Å². The molecule has 38 heavy (non-hydrogen) atoms. The molecule has 1 aliphatic heterocycles. The number of hydrogen-bond donors (Lipinski definition) is 3. The molecule has 3 N–H and O–H groups in total. The fourth-order valence-corrected chi connectivity index (χ4v) is 5.27. The maximum absolute atomic E-state index is 11.9. The molecule has 1 saturated heterocycles. The van der Waals surface area contributed by atoms with Gasteiger partial charge in [0.15, 0.2) is 0 Å². The first-order valence-electron chi connectivity index (χ1n) is 13.4. The van der Waals surface area contributed by atoms with E-state index in [2.05, 4.69) is 88.1 Å². The van der Waals surface area contributed by atoms with Gasteiger partial charge in [0.05, 0.1) is 6.04 Å². The summed E-state index contributed by atoms with van der Waals surface area (Å²) in [5.74, 6) is -0.776. The highest BCUT2D eigenvalue weighted by Gasteiger charge is 2.53. The van der Waals surface area contributed by atoms with Crippen molar-refractivity contribution in [3.05, 3.63) is 108 Å². The van der Waals surface area contributed by atoms with E-state index in [0.717, 1.165) is 48.9 Å². The molecule has 7 heteroatoms. The Labute approximate surface area is 224 Å². The molecule has 1 unspecified atom stereocenters. The van der Waals surface area contributed by atoms with Gasteiger partial charge in [0, 0.05) is 50.3 Å². The minimum atomic E-state index is -0.776. The highest BCUT2D eigenvalue weighted by molar-refractivity contribution is 5.84. The molecule has 2 heterocycles. The molecule has 5 rings (SSSR count). The number of nitrogens with zero attached hydrogens (tertiary/aromatic N) is 3. The summed E-state index contributed by atoms with van der Waals surface area (Å²) in [4.78, 5) is 15.2. The van der Waals surface area contributed by atoms with Gasteiger partial charge >= 0.3 is 5.97 Å². The number of fused-ring (bicyclic) bond motifs is 1. The molecule has 1 aromatic heterocycles. The van der Waals surface area contributed by atoms with Crippen LogP contribution < -0.4 is 5.43 Å². The number of likely N-dealkylation sites (N-methyl/N-ethyl adjacent to an activating group) is 1. The molecule has 7 nitrogen and oxygen atoms in total. The third-order valence-electron chi connectivity index (χ3n) is 7.43. The minimum absolute atomic E-state index is 0.0525. The number of aryl methyl sites for hydroxylation is 1. The van der Waals surface area contributed by atoms with Crippen LogP contribution in [0.2, 0.25) is 0 Å². The van der Waals surface area contributed by atoms with Gasteiger partial charge < -0.3 is 10.1 Å². The summed E-state index contributed by atoms with van der Waals surface area (Å²) >= 11 is 0. The lowest BCUT2D eigenvalue weighted by Crippen LogP contribution is -2.44. The Morgan fingerprint density at radius 2 is 1.63 bits per heavy atom. The predicted octanol–water partition coefficient (Wildman–Crippen LogP) is 4.33. The van der Waals surface area contributed by atoms with E-state index in [9.17, 15) is 9.90 Å². The maximum atomic E-state index is 11.9. The quantitative estimate of drug-likeness (QED) is 0.173. The smallest absolute Gasteiger partial charge is 0.324 e. The van der Waals surface area contributed by atoms with Gasteiger partial charge in [0.25, 0.3) is 0 Å². The number of carboxylic acids is 1. The van der Waals surface area contributed by atoms with Gasteiger partial charge in [-0.2, -0.15) is 0 Å². The number of carbonyl (C=O) groups is 1. The summed E-state index contributed by atoms with van der Waals surface area (Å²) in [5, 5.41) is 17.5. The van der Waals surface area contributed by atoms with Crippen molar-refractivity contribution < 1.29 is 9.90 Å². The Kier molecular flexibility index (Phi) is 8.51. The first-order valence-corrected chi connectivity index (χ1v) is 13.4. The Balaban J connectivity index is 1.15. The summed E-state index contributed by atoms with van der Waals surface area (Å²) in [7, 11) is 2.12. The van der Waals surface area contributed by atoms with Crippen LogP contribution in [0.5, 0.6) is 0 Å². The van der Waals surface area contributed by atoms with Crippen LogP contribution in [0.15, 0.2) is 91.1 Å². The summed E-state index contributed by atoms with van der Waals surface area (Å²) in [6.07, 6.45) is 4.81. The van der Waals surface area contributed by atoms with Gasteiger partial charge in [-0.15, -0.1) is 0 Å². The lowest BCUT2D eigenvalue weighted by Gasteiger charge is -2.32. The molecule has 0 bridgehead atoms. The van der Waals surface area contributed by atoms with Gasteiger partial charge in [-0.3, -0.25) is 10.2 Å². The first-order chi connectivity index (χ1) is 18.6. The zero-order valence-corrected chi connectivity index (χ0v) is 22.0. The van der Waals surface area contributed by atoms with Gasteiger partial charge in [-0.25, -0.2) is 15.0 Å². The summed E-state index contributed by atoms with van der Waals surface area (Å²) in [5.41, 5.74) is 8.29. The zero-order chi connectivity index (χ0) is 26.3. The number of benzene rings is 3. The lowest BCUT2D eigenvalue weighted by molar-refractivity contribution is -0.137. The van der Waals surface area contributed by atoms with Crippen LogP contribution in [0.3, 0.4) is 0 Å². The van der Waals surface area contributed by atoms with E-state index in [4.69, 9.17) is 0 Å². The molecule has 1 aliphatic rings. The van der Waals surface area contributed by atoms with E-state index in [1.165, 1.54) is 11.1 Å². The molecule has 0 amide bonds. The zero-order valence-electron chi connectivity index (χ0n) is 22.0. The second kappa shape index (κ2) is 12.4. The standard InChI is InChI=1S/C31H37N5O2/c1-34(35(23-25-13-6-3-7-14-25)19-10-15-24-11-4-2-5-12-24)20-18-33-36-29(30(36)31(37)38)21-26-22-32-28-17-9-8-16-27(26)28/h2-9,11-14,16-17,22,29-30,32-33H,10,15,18-21,23H2,1H3,(H,37,38)/t29-,30-,36?/m0/s1. The largest absolute Gasteiger partial charge is 0.480 e. The molecule has 1 fully saturated rings. The molecule has 4 aromatic rings. The van der Waals surface area contributed by atoms with Crippen molar-refractivity contribution in [1.82, 2.24) is 25.4 Å². The Hall–Kier alpha value is -3.49. The number of aromatic nitrogens is 1. The lowest BCUT2D eigenvalue weighted by atomic mass is 10.1. The van der Waals surface area contributed by atoms with Crippen molar-refractivity contribution in [3.8, 4) is 0 Å². The van der Waals surface area contributed by atoms with E-state index in [1.54, 1.807) is 0 Å². The van der Waals surface area contributed by atoms with Crippen molar-refractivity contribution >= 4 is 16.9 Å². The summed E-state index contributed by atoms with van der Waals surface area (Å²) in [6.45, 7) is 3.25. The Bertz CT molecular complexity index is 1310. The number of nitrogens with one attached hydrogen (secondary N) is 2. The number of hydrazine groups is 2. The second-order valence-corrected chi connectivity index (χ2v) is 10.1. The average molecular weight is 512 g/mol. The third-order valence-corrected chi connectivity index (χ3v) is 7.43. The molecule has 3 atom stereocenters. The number of aliphatic carboxylic acids is 1. The number of H-pyrrole nitrogens is 1. The fraction of sp³-hybridized carbons (Fsp3) is 0.323. The second-order valence-electron chi connectivity index (χ2n) is 10.1. The Morgan fingerprint density at radius 1 is 0.947 bits per heavy atom. The fourth-order valence-electron chi connectivity index (χ4n) is 5.27. The number of rotatable bonds is 14. The Morgan fingerprint density at radius 3 is 2.37 bits per heavy atom. The van der Waals surface area contributed by atoms with E-state index in [1.807, 2.05) is 35.5 Å². The molecule has 0 saturated carbocycles. The predicted molar refractivity (Wildman–Crippen MR) is 151 cm³/mol. The highest BCUT2D eigenvalue weighted by atomic mass is 16.4. The van der Waals surface area contributed by atoms with E-state index >= 15 is 0 Å². The minimum Gasteiger partial charge on any atom is -0.480 e. The molecule has 198 valence electrons. The topological polar surface area (TPSA) is 74.6 Å². The molecule has 0 aliphatic carbocycles. The molecular weight excluding hydrogens is 474 g/mol. The van der Waals surface area contributed by atoms with Crippen LogP contribution in [-0.4, -0.2) is 69.9 Å². The van der Waals surface area contributed by atoms with E-state index in [-0.39, 0.29) is 6.04 Å². The SMILES string of the molecule is CN(CCNN1[C@H](C(=O)O)[C@@H]1Cc1c[nH]c2ccccc12)N(CCCc1ccccc1)Cc1ccccc1. The highest BCUT2D eigenvalue weighted by Crippen LogP contribution is 2.31. The van der Waals surface area contributed by atoms with Crippen LogP contribution in [0.4, 0.5) is 0 Å². The van der Waals surface area contributed by atoms with Crippen molar-refractivity contribution in [2.45, 2.75) is 37.9 Å². The van der Waals surface area contributed by atoms with Gasteiger partial charge in [0.1, 0.15) is 6.04 Å². The molecule has 3 aromatic carbocycles. The number of carboxylic acid groups (broad SMARTS) is 1. The van der Waals surface area contributed by atoms with Crippen LogP contribution in [0.1, 0.15) is 23.1 Å². The monoisotopic (exact) mass is 511 g/mol. The van der Waals surface area contributed by atoms with Crippen LogP contribution in [0, 0.1) is 0 Å². The van der Waals surface area contributed by atoms with Crippen LogP contribution in [0.25, 0.3) is 10.9 Å². The van der Waals surface area contributed by atoms with Crippen LogP contribution >= 0.6 is 0 Å². The molecule has 0 spiro atoms. The van der Waals surface area contributed by atoms with Gasteiger partial charge in [-0.1, -0.05) is 78.9 Å². The third kappa shape index (κ3) is 6.49. The van der Waals surface area contributed by atoms with Crippen molar-refractivity contribution in [3.63, 3.8) is 0 Å². The number of hydrogen-bond acceptors (Lipinski definition) is 5. The molecule has 0 radical (unpaired) electrons. The number of para-hydroxylation sites is 1.